The smallest absolute Gasteiger partial charge is 0.361 e. The van der Waals surface area contributed by atoms with Gasteiger partial charge in [-0.25, -0.2) is 4.79 Å². The number of nitrogens with one attached hydrogen (secondary N) is 1. The zero-order chi connectivity index (χ0) is 20.3. The van der Waals surface area contributed by atoms with Crippen molar-refractivity contribution in [2.24, 2.45) is 22.2 Å². The number of hydrogen-bond acceptors (Lipinski definition) is 4. The number of hydrogen-bond donors (Lipinski definition) is 1. The molecule has 6 nitrogen and oxygen atoms in total. The molecule has 4 saturated carbocycles. The lowest BCUT2D eigenvalue weighted by Crippen LogP contribution is -2.58. The maximum Gasteiger partial charge on any atom is 0.361 e. The van der Waals surface area contributed by atoms with Crippen molar-refractivity contribution in [3.8, 4) is 0 Å². The number of ether oxygens (including phenoxy) is 1. The number of amides is 1. The average molecular weight is 388 g/mol. The molecule has 4 aliphatic rings. The topological polar surface area (TPSA) is 73.2 Å². The van der Waals surface area contributed by atoms with Gasteiger partial charge in [-0.2, -0.15) is 5.10 Å². The fourth-order valence-corrected chi connectivity index (χ4v) is 7.05. The summed E-state index contributed by atoms with van der Waals surface area (Å²) in [5.74, 6) is 0.214. The highest BCUT2D eigenvalue weighted by Crippen LogP contribution is 2.69. The van der Waals surface area contributed by atoms with Crippen LogP contribution in [-0.2, 0) is 16.1 Å². The summed E-state index contributed by atoms with van der Waals surface area (Å²) in [6.07, 6.45) is 8.11. The van der Waals surface area contributed by atoms with Gasteiger partial charge in [0.05, 0.1) is 17.2 Å². The second-order valence-electron chi connectivity index (χ2n) is 10.6. The van der Waals surface area contributed by atoms with E-state index in [2.05, 4.69) is 24.3 Å². The first-order valence-electron chi connectivity index (χ1n) is 10.7. The largest absolute Gasteiger partial charge is 0.458 e. The van der Waals surface area contributed by atoms with Crippen LogP contribution >= 0.6 is 0 Å². The van der Waals surface area contributed by atoms with Crippen LogP contribution in [0, 0.1) is 22.2 Å². The van der Waals surface area contributed by atoms with Gasteiger partial charge in [0.15, 0.2) is 5.69 Å². The SMILES string of the molecule is CCn1cc(NC(=O)C23CC4C[C@@](C)(C2)C[C@@](C)(C4)C3)c(C(=O)OC(C)C)n1. The number of anilines is 1. The Morgan fingerprint density at radius 3 is 2.39 bits per heavy atom. The van der Waals surface area contributed by atoms with E-state index in [0.29, 0.717) is 18.2 Å². The van der Waals surface area contributed by atoms with E-state index in [0.717, 1.165) is 19.3 Å². The third-order valence-electron chi connectivity index (χ3n) is 6.98. The van der Waals surface area contributed by atoms with Gasteiger partial charge >= 0.3 is 5.97 Å². The molecule has 4 aliphatic carbocycles. The fraction of sp³-hybridized carbons (Fsp3) is 0.773. The van der Waals surface area contributed by atoms with Gasteiger partial charge in [0.1, 0.15) is 0 Å². The minimum Gasteiger partial charge on any atom is -0.458 e. The standard InChI is InChI=1S/C22H33N3O3/c1-6-25-10-16(17(24-25)18(26)28-14(2)3)23-19(27)22-9-15-7-20(4,12-22)11-21(5,8-15)13-22/h10,14-15H,6-9,11-13H2,1-5H3,(H,23,27)/t15?,20-,21-,22?/m1/s1. The van der Waals surface area contributed by atoms with Gasteiger partial charge in [-0.05, 0) is 76.0 Å². The minimum absolute atomic E-state index is 0.0586. The van der Waals surface area contributed by atoms with E-state index >= 15 is 0 Å². The van der Waals surface area contributed by atoms with Crippen molar-refractivity contribution in [1.82, 2.24) is 9.78 Å². The molecule has 5 rings (SSSR count). The molecule has 1 aromatic heterocycles. The van der Waals surface area contributed by atoms with Crippen LogP contribution in [0.1, 0.15) is 83.6 Å². The van der Waals surface area contributed by atoms with Gasteiger partial charge < -0.3 is 10.1 Å². The Hall–Kier alpha value is -1.85. The van der Waals surface area contributed by atoms with Gasteiger partial charge in [-0.3, -0.25) is 9.48 Å². The predicted octanol–water partition coefficient (Wildman–Crippen LogP) is 4.40. The van der Waals surface area contributed by atoms with Crippen molar-refractivity contribution >= 4 is 17.6 Å². The number of aromatic nitrogens is 2. The molecule has 0 aliphatic heterocycles. The first-order chi connectivity index (χ1) is 13.1. The first-order valence-corrected chi connectivity index (χ1v) is 10.7. The molecule has 0 saturated heterocycles. The highest BCUT2D eigenvalue weighted by atomic mass is 16.5. The Kier molecular flexibility index (Phi) is 4.40. The van der Waals surface area contributed by atoms with Crippen LogP contribution in [0.2, 0.25) is 0 Å². The molecular formula is C22H33N3O3. The molecule has 0 aromatic carbocycles. The normalized spacial score (nSPS) is 36.0. The number of rotatable bonds is 5. The summed E-state index contributed by atoms with van der Waals surface area (Å²) < 4.78 is 7.01. The lowest BCUT2D eigenvalue weighted by molar-refractivity contribution is -0.165. The molecule has 0 radical (unpaired) electrons. The van der Waals surface area contributed by atoms with Crippen molar-refractivity contribution in [1.29, 1.82) is 0 Å². The van der Waals surface area contributed by atoms with Crippen molar-refractivity contribution in [2.45, 2.75) is 85.8 Å². The highest BCUT2D eigenvalue weighted by Gasteiger charge is 2.62. The van der Waals surface area contributed by atoms with Crippen LogP contribution in [0.5, 0.6) is 0 Å². The molecule has 28 heavy (non-hydrogen) atoms. The van der Waals surface area contributed by atoms with E-state index in [1.54, 1.807) is 10.9 Å². The number of carbonyl (C=O) groups excluding carboxylic acids is 2. The summed E-state index contributed by atoms with van der Waals surface area (Å²) in [5, 5.41) is 7.42. The molecule has 4 fully saturated rings. The number of esters is 1. The predicted molar refractivity (Wildman–Crippen MR) is 107 cm³/mol. The van der Waals surface area contributed by atoms with Gasteiger partial charge in [0.2, 0.25) is 5.91 Å². The third-order valence-corrected chi connectivity index (χ3v) is 6.98. The van der Waals surface area contributed by atoms with Crippen LogP contribution < -0.4 is 5.32 Å². The fourth-order valence-electron chi connectivity index (χ4n) is 7.05. The van der Waals surface area contributed by atoms with Crippen molar-refractivity contribution < 1.29 is 14.3 Å². The van der Waals surface area contributed by atoms with E-state index in [-0.39, 0.29) is 34.0 Å². The number of nitrogens with zero attached hydrogens (tertiary/aromatic N) is 2. The van der Waals surface area contributed by atoms with Crippen LogP contribution in [-0.4, -0.2) is 27.8 Å². The second kappa shape index (κ2) is 6.33. The molecule has 1 N–H and O–H groups in total. The lowest BCUT2D eigenvalue weighted by Gasteiger charge is -2.64. The Labute approximate surface area is 167 Å². The molecule has 0 spiro atoms. The van der Waals surface area contributed by atoms with Crippen LogP contribution in [0.15, 0.2) is 6.20 Å². The van der Waals surface area contributed by atoms with Gasteiger partial charge in [0.25, 0.3) is 0 Å². The zero-order valence-electron chi connectivity index (χ0n) is 17.8. The third kappa shape index (κ3) is 3.25. The molecule has 1 aromatic rings. The van der Waals surface area contributed by atoms with Gasteiger partial charge in [0, 0.05) is 12.7 Å². The van der Waals surface area contributed by atoms with Crippen molar-refractivity contribution in [2.75, 3.05) is 5.32 Å². The van der Waals surface area contributed by atoms with Crippen molar-refractivity contribution in [3.05, 3.63) is 11.9 Å². The minimum atomic E-state index is -0.484. The van der Waals surface area contributed by atoms with Gasteiger partial charge in [-0.1, -0.05) is 13.8 Å². The zero-order valence-corrected chi connectivity index (χ0v) is 17.8. The number of carbonyl (C=O) groups is 2. The van der Waals surface area contributed by atoms with E-state index < -0.39 is 5.97 Å². The Morgan fingerprint density at radius 2 is 1.86 bits per heavy atom. The highest BCUT2D eigenvalue weighted by molar-refractivity contribution is 6.02. The summed E-state index contributed by atoms with van der Waals surface area (Å²) in [6, 6.07) is 0. The first kappa shape index (κ1) is 19.5. The molecular weight excluding hydrogens is 354 g/mol. The molecule has 6 heteroatoms. The van der Waals surface area contributed by atoms with E-state index in [1.807, 2.05) is 20.8 Å². The second-order valence-corrected chi connectivity index (χ2v) is 10.6. The van der Waals surface area contributed by atoms with E-state index in [4.69, 9.17) is 4.74 Å². The monoisotopic (exact) mass is 387 g/mol. The summed E-state index contributed by atoms with van der Waals surface area (Å²) in [4.78, 5) is 26.0. The Bertz CT molecular complexity index is 794. The maximum absolute atomic E-state index is 13.5. The summed E-state index contributed by atoms with van der Waals surface area (Å²) in [7, 11) is 0. The molecule has 2 atom stereocenters. The van der Waals surface area contributed by atoms with Crippen LogP contribution in [0.25, 0.3) is 0 Å². The van der Waals surface area contributed by atoms with E-state index in [9.17, 15) is 9.59 Å². The Balaban J connectivity index is 1.61. The number of aryl methyl sites for hydroxylation is 1. The van der Waals surface area contributed by atoms with Crippen molar-refractivity contribution in [3.63, 3.8) is 0 Å². The lowest BCUT2D eigenvalue weighted by atomic mass is 9.40. The quantitative estimate of drug-likeness (QED) is 0.760. The molecule has 4 bridgehead atoms. The molecule has 154 valence electrons. The average Bonchev–Trinajstić information content (AvgIpc) is 2.94. The molecule has 1 heterocycles. The Morgan fingerprint density at radius 1 is 1.21 bits per heavy atom. The van der Waals surface area contributed by atoms with Gasteiger partial charge in [-0.15, -0.1) is 0 Å². The van der Waals surface area contributed by atoms with Crippen LogP contribution in [0.4, 0.5) is 5.69 Å². The summed E-state index contributed by atoms with van der Waals surface area (Å²) >= 11 is 0. The summed E-state index contributed by atoms with van der Waals surface area (Å²) in [6.45, 7) is 10.9. The molecule has 1 amide bonds. The molecule has 0 unspecified atom stereocenters. The van der Waals surface area contributed by atoms with E-state index in [1.165, 1.54) is 19.3 Å². The maximum atomic E-state index is 13.5. The summed E-state index contributed by atoms with van der Waals surface area (Å²) in [5.41, 5.74) is 0.877. The van der Waals surface area contributed by atoms with Crippen LogP contribution in [0.3, 0.4) is 0 Å².